The average molecular weight is 996 g/mol. The van der Waals surface area contributed by atoms with Crippen LogP contribution in [-0.2, 0) is 74.9 Å². The number of aryl methyl sites for hydroxylation is 2. The number of phosphoric ester groups is 1. The molecule has 70 heavy (non-hydrogen) atoms. The monoisotopic (exact) mass is 996 g/mol. The van der Waals surface area contributed by atoms with Crippen LogP contribution in [-0.4, -0.2) is 104 Å². The Kier molecular flexibility index (Phi) is 24.1. The molecule has 0 bridgehead atoms. The number of aromatic nitrogens is 2. The zero-order chi connectivity index (χ0) is 51.2. The Morgan fingerprint density at radius 3 is 2.11 bits per heavy atom. The van der Waals surface area contributed by atoms with Gasteiger partial charge in [0.25, 0.3) is 0 Å². The summed E-state index contributed by atoms with van der Waals surface area (Å²) in [6.07, 6.45) is 9.65. The summed E-state index contributed by atoms with van der Waals surface area (Å²) in [6.45, 7) is 7.02. The SMILES string of the molecule is CC(=O)N1CCC[C@H]1C(=O)N[C@H](CC(C)C)C(=O)C[C@@H](Cc1c[n+](CCN)cn1CCCCCCCCc1ccccc1)C(=O)N[C@@H](CO)C(=O)C[C@H](C(=O)O)[C@@H](C)OP(=O)(O)OCc1ccccc1. The highest BCUT2D eigenvalue weighted by Gasteiger charge is 2.39. The predicted octanol–water partition coefficient (Wildman–Crippen LogP) is 4.84. The summed E-state index contributed by atoms with van der Waals surface area (Å²) >= 11 is 0. The number of carbonyl (C=O) groups excluding carboxylic acids is 5. The van der Waals surface area contributed by atoms with Gasteiger partial charge < -0.3 is 36.4 Å². The van der Waals surface area contributed by atoms with Gasteiger partial charge >= 0.3 is 13.8 Å². The maximum atomic E-state index is 14.5. The summed E-state index contributed by atoms with van der Waals surface area (Å²) < 4.78 is 27.0. The highest BCUT2D eigenvalue weighted by Crippen LogP contribution is 2.46. The lowest BCUT2D eigenvalue weighted by molar-refractivity contribution is -0.694. The maximum Gasteiger partial charge on any atom is 0.472 e. The number of aliphatic hydroxyl groups is 1. The van der Waals surface area contributed by atoms with Crippen molar-refractivity contribution in [2.24, 2.45) is 23.5 Å². The van der Waals surface area contributed by atoms with Gasteiger partial charge in [-0.25, -0.2) is 13.7 Å². The summed E-state index contributed by atoms with van der Waals surface area (Å²) in [4.78, 5) is 93.0. The Morgan fingerprint density at radius 2 is 1.50 bits per heavy atom. The Labute approximate surface area is 412 Å². The van der Waals surface area contributed by atoms with Crippen LogP contribution in [0.4, 0.5) is 0 Å². The van der Waals surface area contributed by atoms with Crippen molar-refractivity contribution < 1.29 is 62.1 Å². The molecule has 386 valence electrons. The predicted molar refractivity (Wildman–Crippen MR) is 262 cm³/mol. The van der Waals surface area contributed by atoms with E-state index in [9.17, 15) is 48.4 Å². The number of carboxylic acids is 1. The summed E-state index contributed by atoms with van der Waals surface area (Å²) in [6, 6.07) is 15.5. The number of likely N-dealkylation sites (tertiary alicyclic amines) is 1. The van der Waals surface area contributed by atoms with Crippen molar-refractivity contribution in [2.45, 2.75) is 155 Å². The molecule has 4 rings (SSSR count). The van der Waals surface area contributed by atoms with Crippen molar-refractivity contribution in [1.82, 2.24) is 20.1 Å². The van der Waals surface area contributed by atoms with E-state index in [1.165, 1.54) is 24.3 Å². The van der Waals surface area contributed by atoms with Gasteiger partial charge in [0.05, 0.1) is 43.7 Å². The van der Waals surface area contributed by atoms with Gasteiger partial charge in [0.2, 0.25) is 24.0 Å². The van der Waals surface area contributed by atoms with E-state index >= 15 is 0 Å². The first kappa shape index (κ1) is 57.5. The fourth-order valence-electron chi connectivity index (χ4n) is 8.85. The number of carbonyl (C=O) groups is 6. The second-order valence-electron chi connectivity index (χ2n) is 18.8. The number of nitrogens with one attached hydrogen (secondary N) is 2. The van der Waals surface area contributed by atoms with E-state index in [2.05, 4.69) is 34.9 Å². The molecule has 1 unspecified atom stereocenters. The molecule has 1 aromatic heterocycles. The lowest BCUT2D eigenvalue weighted by atomic mass is 9.89. The molecular weight excluding hydrogens is 920 g/mol. The van der Waals surface area contributed by atoms with Crippen molar-refractivity contribution in [2.75, 3.05) is 19.7 Å². The van der Waals surface area contributed by atoms with Gasteiger partial charge in [-0.05, 0) is 68.9 Å². The lowest BCUT2D eigenvalue weighted by Crippen LogP contribution is -2.52. The number of nitrogens with zero attached hydrogens (tertiary/aromatic N) is 3. The average Bonchev–Trinajstić information content (AvgIpc) is 3.97. The molecule has 0 radical (unpaired) electrons. The number of ketones is 2. The topological polar surface area (TPSA) is 261 Å². The number of carboxylic acid groups (broad SMARTS) is 1. The van der Waals surface area contributed by atoms with Crippen LogP contribution in [0.3, 0.4) is 0 Å². The molecule has 19 heteroatoms. The quantitative estimate of drug-likeness (QED) is 0.0272. The van der Waals surface area contributed by atoms with E-state index in [1.807, 2.05) is 41.6 Å². The molecule has 3 aromatic rings. The third-order valence-corrected chi connectivity index (χ3v) is 13.7. The zero-order valence-corrected chi connectivity index (χ0v) is 42.2. The second kappa shape index (κ2) is 29.3. The van der Waals surface area contributed by atoms with Gasteiger partial charge in [0.15, 0.2) is 11.6 Å². The van der Waals surface area contributed by atoms with Gasteiger partial charge in [-0.3, -0.25) is 37.8 Å². The maximum absolute atomic E-state index is 14.5. The zero-order valence-electron chi connectivity index (χ0n) is 41.3. The molecule has 7 atom stereocenters. The Morgan fingerprint density at radius 1 is 0.871 bits per heavy atom. The van der Waals surface area contributed by atoms with Crippen LogP contribution in [0.2, 0.25) is 0 Å². The fourth-order valence-corrected chi connectivity index (χ4v) is 9.79. The van der Waals surface area contributed by atoms with Gasteiger partial charge in [-0.15, -0.1) is 0 Å². The minimum Gasteiger partial charge on any atom is -0.481 e. The molecular formula is C51H76N6O12P+. The molecule has 2 heterocycles. The molecule has 0 aliphatic carbocycles. The summed E-state index contributed by atoms with van der Waals surface area (Å²) in [5.41, 5.74) is 8.54. The summed E-state index contributed by atoms with van der Waals surface area (Å²) in [5.74, 6) is -7.23. The number of phosphoric acid groups is 1. The van der Waals surface area contributed by atoms with E-state index in [0.717, 1.165) is 44.9 Å². The third kappa shape index (κ3) is 19.2. The van der Waals surface area contributed by atoms with Crippen LogP contribution in [0.1, 0.15) is 115 Å². The van der Waals surface area contributed by atoms with E-state index in [1.54, 1.807) is 30.3 Å². The number of aliphatic hydroxyl groups excluding tert-OH is 1. The van der Waals surface area contributed by atoms with E-state index in [0.29, 0.717) is 50.3 Å². The van der Waals surface area contributed by atoms with Gasteiger partial charge in [0.1, 0.15) is 30.5 Å². The largest absolute Gasteiger partial charge is 0.481 e. The number of amides is 3. The Bertz CT molecular complexity index is 2190. The standard InChI is InChI=1S/C51H75N6O12P/c1-36(2)28-44(53-50(63)46-23-17-26-57(46)38(4)59)47(60)30-41(29-42-32-55(27-24-52)35-56(42)25-16-8-6-5-7-11-18-39-19-12-9-13-20-39)49(62)54-45(33-58)48(61)31-43(51(64)65)37(3)69-70(66,67)68-34-40-21-14-10-15-22-40/h9-10,12-15,19-22,32,35-37,41,43-46,58H,5-8,11,16-18,23-31,33-34,52H2,1-4H3,(H3-,53,54,62,63,64,65,66,67)/p+1/t37-,41-,43+,44-,45+,46+/m1/s1. The van der Waals surface area contributed by atoms with Crippen LogP contribution >= 0.6 is 7.82 Å². The minimum atomic E-state index is -4.82. The summed E-state index contributed by atoms with van der Waals surface area (Å²) in [7, 11) is -4.82. The highest BCUT2D eigenvalue weighted by molar-refractivity contribution is 7.47. The lowest BCUT2D eigenvalue weighted by Gasteiger charge is -2.27. The number of nitrogens with two attached hydrogens (primary N) is 1. The first-order valence-corrected chi connectivity index (χ1v) is 26.2. The van der Waals surface area contributed by atoms with E-state index < -0.39 is 86.3 Å². The van der Waals surface area contributed by atoms with Crippen LogP contribution < -0.4 is 20.9 Å². The molecule has 1 aliphatic rings. The van der Waals surface area contributed by atoms with Crippen molar-refractivity contribution in [3.63, 3.8) is 0 Å². The molecule has 1 saturated heterocycles. The minimum absolute atomic E-state index is 0.0153. The van der Waals surface area contributed by atoms with Crippen LogP contribution in [0.15, 0.2) is 73.2 Å². The van der Waals surface area contributed by atoms with Gasteiger partial charge in [-0.2, -0.15) is 0 Å². The first-order chi connectivity index (χ1) is 33.4. The molecule has 2 aromatic carbocycles. The molecule has 1 fully saturated rings. The smallest absolute Gasteiger partial charge is 0.472 e. The number of hydrogen-bond donors (Lipinski definition) is 6. The van der Waals surface area contributed by atoms with Gasteiger partial charge in [0, 0.05) is 39.3 Å². The number of rotatable bonds is 33. The van der Waals surface area contributed by atoms with E-state index in [4.69, 9.17) is 14.8 Å². The number of unbranched alkanes of at least 4 members (excludes halogenated alkanes) is 5. The van der Waals surface area contributed by atoms with Crippen molar-refractivity contribution in [1.29, 1.82) is 0 Å². The molecule has 7 N–H and O–H groups in total. The number of Topliss-reactive ketones (excluding diaryl/α,β-unsaturated/α-hetero) is 2. The van der Waals surface area contributed by atoms with E-state index in [-0.39, 0.29) is 37.7 Å². The molecule has 0 saturated carbocycles. The second-order valence-corrected chi connectivity index (χ2v) is 20.2. The molecule has 18 nitrogen and oxygen atoms in total. The van der Waals surface area contributed by atoms with Crippen LogP contribution in [0.25, 0.3) is 0 Å². The fraction of sp³-hybridized carbons (Fsp3) is 0.588. The highest BCUT2D eigenvalue weighted by atomic mass is 31.2. The van der Waals surface area contributed by atoms with Crippen LogP contribution in [0.5, 0.6) is 0 Å². The molecule has 3 amide bonds. The molecule has 0 spiro atoms. The first-order valence-electron chi connectivity index (χ1n) is 24.7. The van der Waals surface area contributed by atoms with Gasteiger partial charge in [-0.1, -0.05) is 93.8 Å². The van der Waals surface area contributed by atoms with Crippen molar-refractivity contribution in [3.05, 3.63) is 90.0 Å². The number of aliphatic carboxylic acids is 1. The number of benzene rings is 2. The third-order valence-electron chi connectivity index (χ3n) is 12.7. The van der Waals surface area contributed by atoms with Crippen LogP contribution in [0, 0.1) is 17.8 Å². The molecule has 1 aliphatic heterocycles. The Balaban J connectivity index is 1.52. The summed E-state index contributed by atoms with van der Waals surface area (Å²) in [5, 5.41) is 26.0. The number of imidazole rings is 1. The normalized spacial score (nSPS) is 16.7. The number of hydrogen-bond acceptors (Lipinski definition) is 11. The Hall–Kier alpha value is -5.10. The van der Waals surface area contributed by atoms with Crippen molar-refractivity contribution in [3.8, 4) is 0 Å². The van der Waals surface area contributed by atoms with Crippen molar-refractivity contribution >= 4 is 43.1 Å².